The van der Waals surface area contributed by atoms with Gasteiger partial charge in [0.2, 0.25) is 0 Å². The van der Waals surface area contributed by atoms with E-state index in [2.05, 4.69) is 57.0 Å². The lowest BCUT2D eigenvalue weighted by Gasteiger charge is -2.47. The van der Waals surface area contributed by atoms with Crippen LogP contribution in [0.4, 0.5) is 5.82 Å². The lowest BCUT2D eigenvalue weighted by Crippen LogP contribution is -2.50. The van der Waals surface area contributed by atoms with Crippen molar-refractivity contribution >= 4 is 22.9 Å². The summed E-state index contributed by atoms with van der Waals surface area (Å²) in [6.45, 7) is 8.44. The van der Waals surface area contributed by atoms with E-state index >= 15 is 0 Å². The first-order valence-corrected chi connectivity index (χ1v) is 10.0. The molecule has 3 heterocycles. The van der Waals surface area contributed by atoms with Gasteiger partial charge in [-0.25, -0.2) is 15.0 Å². The first-order valence-electron chi connectivity index (χ1n) is 10.0. The molecule has 1 atom stereocenters. The number of hydrogen-bond acceptors (Lipinski definition) is 5. The molecule has 2 aliphatic carbocycles. The zero-order chi connectivity index (χ0) is 20.2. The molecule has 0 aromatic carbocycles. The van der Waals surface area contributed by atoms with Crippen molar-refractivity contribution in [3.8, 4) is 0 Å². The molecule has 2 N–H and O–H groups in total. The maximum atomic E-state index is 13.6. The second-order valence-corrected chi connectivity index (χ2v) is 8.30. The molecule has 1 saturated carbocycles. The van der Waals surface area contributed by atoms with Crippen LogP contribution >= 0.6 is 0 Å². The summed E-state index contributed by atoms with van der Waals surface area (Å²) in [6.07, 6.45) is 13.5. The topological polar surface area (TPSA) is 86.8 Å². The highest BCUT2D eigenvalue weighted by atomic mass is 16.2. The van der Waals surface area contributed by atoms with Crippen molar-refractivity contribution in [2.75, 3.05) is 5.32 Å². The van der Waals surface area contributed by atoms with E-state index in [1.807, 2.05) is 11.8 Å². The van der Waals surface area contributed by atoms with Gasteiger partial charge in [0.05, 0.1) is 17.7 Å². The van der Waals surface area contributed by atoms with Crippen LogP contribution in [-0.4, -0.2) is 36.8 Å². The van der Waals surface area contributed by atoms with E-state index in [-0.39, 0.29) is 17.4 Å². The van der Waals surface area contributed by atoms with Crippen molar-refractivity contribution in [1.82, 2.24) is 24.8 Å². The van der Waals surface area contributed by atoms with Crippen LogP contribution in [-0.2, 0) is 4.79 Å². The fourth-order valence-corrected chi connectivity index (χ4v) is 4.57. The summed E-state index contributed by atoms with van der Waals surface area (Å²) in [5.41, 5.74) is 4.44. The average Bonchev–Trinajstić information content (AvgIpc) is 3.12. The van der Waals surface area contributed by atoms with Crippen molar-refractivity contribution in [2.45, 2.75) is 45.6 Å². The van der Waals surface area contributed by atoms with Crippen molar-refractivity contribution in [2.24, 2.45) is 5.41 Å². The second kappa shape index (κ2) is 6.40. The Labute approximate surface area is 169 Å². The number of hydrogen-bond donors (Lipinski definition) is 2. The Bertz CT molecular complexity index is 1120. The van der Waals surface area contributed by atoms with Gasteiger partial charge >= 0.3 is 0 Å². The Morgan fingerprint density at radius 1 is 1.34 bits per heavy atom. The minimum atomic E-state index is -0.328. The van der Waals surface area contributed by atoms with E-state index in [0.29, 0.717) is 17.2 Å². The fourth-order valence-electron chi connectivity index (χ4n) is 4.57. The summed E-state index contributed by atoms with van der Waals surface area (Å²) >= 11 is 0. The normalized spacial score (nSPS) is 24.4. The van der Waals surface area contributed by atoms with Gasteiger partial charge < -0.3 is 15.2 Å². The molecule has 1 fully saturated rings. The van der Waals surface area contributed by atoms with Crippen LogP contribution in [0.25, 0.3) is 11.2 Å². The number of allylic oxidation sites excluding steroid dienone is 4. The van der Waals surface area contributed by atoms with E-state index in [1.54, 1.807) is 6.33 Å². The number of nitrogens with zero attached hydrogens (tertiary/aromatic N) is 4. The summed E-state index contributed by atoms with van der Waals surface area (Å²) in [6, 6.07) is 0.223. The van der Waals surface area contributed by atoms with Gasteiger partial charge in [-0.3, -0.25) is 4.79 Å². The first kappa shape index (κ1) is 17.8. The van der Waals surface area contributed by atoms with Crippen molar-refractivity contribution < 1.29 is 4.79 Å². The number of H-pyrrole nitrogens is 1. The van der Waals surface area contributed by atoms with Crippen LogP contribution in [0, 0.1) is 5.41 Å². The molecule has 7 nitrogen and oxygen atoms in total. The molecule has 7 heteroatoms. The minimum Gasteiger partial charge on any atom is -0.340 e. The van der Waals surface area contributed by atoms with Gasteiger partial charge in [0.25, 0.3) is 5.91 Å². The number of imidazole rings is 1. The Morgan fingerprint density at radius 2 is 2.17 bits per heavy atom. The van der Waals surface area contributed by atoms with Gasteiger partial charge in [-0.1, -0.05) is 25.7 Å². The van der Waals surface area contributed by atoms with Crippen LogP contribution < -0.4 is 5.32 Å². The number of carbonyl (C=O) groups excluding carboxylic acids is 1. The summed E-state index contributed by atoms with van der Waals surface area (Å²) in [7, 11) is 0. The second-order valence-electron chi connectivity index (χ2n) is 8.30. The smallest absolute Gasteiger partial charge is 0.255 e. The molecule has 2 aromatic heterocycles. The molecule has 1 aliphatic heterocycles. The van der Waals surface area contributed by atoms with Gasteiger partial charge in [0.15, 0.2) is 11.5 Å². The van der Waals surface area contributed by atoms with Crippen LogP contribution in [0.2, 0.25) is 0 Å². The maximum Gasteiger partial charge on any atom is 0.255 e. The van der Waals surface area contributed by atoms with Gasteiger partial charge in [0.1, 0.15) is 11.8 Å². The molecular weight excluding hydrogens is 364 g/mol. The van der Waals surface area contributed by atoms with E-state index in [9.17, 15) is 4.79 Å². The first-order chi connectivity index (χ1) is 14.0. The van der Waals surface area contributed by atoms with Crippen LogP contribution in [0.3, 0.4) is 0 Å². The number of carbonyl (C=O) groups is 1. The molecule has 0 spiro atoms. The monoisotopic (exact) mass is 388 g/mol. The number of aromatic nitrogens is 4. The van der Waals surface area contributed by atoms with E-state index in [4.69, 9.17) is 0 Å². The minimum absolute atomic E-state index is 0.105. The van der Waals surface area contributed by atoms with E-state index in [1.165, 1.54) is 6.33 Å². The number of anilines is 1. The number of amides is 1. The Morgan fingerprint density at radius 3 is 2.93 bits per heavy atom. The van der Waals surface area contributed by atoms with Gasteiger partial charge in [-0.05, 0) is 44.3 Å². The molecule has 0 radical (unpaired) electrons. The van der Waals surface area contributed by atoms with Crippen molar-refractivity contribution in [3.05, 3.63) is 60.0 Å². The number of fused-ring (bicyclic) bond motifs is 2. The van der Waals surface area contributed by atoms with Gasteiger partial charge in [-0.2, -0.15) is 0 Å². The summed E-state index contributed by atoms with van der Waals surface area (Å²) in [4.78, 5) is 31.3. The molecule has 0 bridgehead atoms. The Kier molecular flexibility index (Phi) is 3.94. The maximum absolute atomic E-state index is 13.6. The highest BCUT2D eigenvalue weighted by Crippen LogP contribution is 2.47. The lowest BCUT2D eigenvalue weighted by molar-refractivity contribution is -0.130. The predicted molar refractivity (Wildman–Crippen MR) is 112 cm³/mol. The molecular formula is C22H24N6O. The zero-order valence-corrected chi connectivity index (χ0v) is 16.7. The van der Waals surface area contributed by atoms with Crippen molar-refractivity contribution in [1.29, 1.82) is 0 Å². The number of rotatable bonds is 4. The Hall–Kier alpha value is -3.22. The quantitative estimate of drug-likeness (QED) is 0.831. The fraction of sp³-hybridized carbons (Fsp3) is 0.364. The van der Waals surface area contributed by atoms with Gasteiger partial charge in [0, 0.05) is 17.0 Å². The molecule has 29 heavy (non-hydrogen) atoms. The number of nitrogens with one attached hydrogen (secondary N) is 2. The molecule has 5 rings (SSSR count). The molecule has 0 saturated heterocycles. The van der Waals surface area contributed by atoms with Gasteiger partial charge in [-0.15, -0.1) is 0 Å². The summed E-state index contributed by atoms with van der Waals surface area (Å²) < 4.78 is 0. The molecule has 1 amide bonds. The molecule has 148 valence electrons. The number of aromatic amines is 1. The Balaban J connectivity index is 1.57. The lowest BCUT2D eigenvalue weighted by atomic mass is 9.70. The molecule has 1 unspecified atom stereocenters. The SMILES string of the molecule is C=C(Nc1ncnc2nc[nH]c12)C1=CC2(C)CC=CC(C)=C2C(=O)N1C1CCC1. The van der Waals surface area contributed by atoms with E-state index in [0.717, 1.165) is 48.0 Å². The molecule has 2 aromatic rings. The van der Waals surface area contributed by atoms with Crippen molar-refractivity contribution in [3.63, 3.8) is 0 Å². The highest BCUT2D eigenvalue weighted by molar-refractivity contribution is 6.00. The third-order valence-electron chi connectivity index (χ3n) is 6.26. The van der Waals surface area contributed by atoms with Crippen LogP contribution in [0.5, 0.6) is 0 Å². The van der Waals surface area contributed by atoms with Crippen LogP contribution in [0.15, 0.2) is 60.0 Å². The molecule has 3 aliphatic rings. The third-order valence-corrected chi connectivity index (χ3v) is 6.26. The average molecular weight is 388 g/mol. The zero-order valence-electron chi connectivity index (χ0n) is 16.7. The standard InChI is InChI=1S/C22H24N6O/c1-13-6-5-9-22(3)10-16(28(15-7-4-8-15)21(29)17(13)22)14(2)27-20-18-19(24-11-23-18)25-12-26-20/h5-6,10-12,15H,2,4,7-9H2,1,3H3,(H2,23,24,25,26,27). The highest BCUT2D eigenvalue weighted by Gasteiger charge is 2.45. The summed E-state index contributed by atoms with van der Waals surface area (Å²) in [5.74, 6) is 0.708. The van der Waals surface area contributed by atoms with Crippen LogP contribution in [0.1, 0.15) is 39.5 Å². The summed E-state index contributed by atoms with van der Waals surface area (Å²) in [5, 5.41) is 3.31. The third kappa shape index (κ3) is 2.72. The largest absolute Gasteiger partial charge is 0.340 e. The predicted octanol–water partition coefficient (Wildman–Crippen LogP) is 3.84. The van der Waals surface area contributed by atoms with E-state index < -0.39 is 0 Å².